The second-order valence-electron chi connectivity index (χ2n) is 2.94. The molecule has 78 valence electrons. The van der Waals surface area contributed by atoms with Gasteiger partial charge < -0.3 is 15.2 Å². The second kappa shape index (κ2) is 6.15. The predicted molar refractivity (Wildman–Crippen MR) is 51.5 cm³/mol. The molecule has 0 spiro atoms. The van der Waals surface area contributed by atoms with Crippen molar-refractivity contribution in [1.29, 1.82) is 0 Å². The molecule has 5 nitrogen and oxygen atoms in total. The van der Waals surface area contributed by atoms with E-state index in [0.29, 0.717) is 13.0 Å². The molecular formula is C9H15N3O2. The Morgan fingerprint density at radius 1 is 1.64 bits per heavy atom. The maximum Gasteiger partial charge on any atom is 0.219 e. The summed E-state index contributed by atoms with van der Waals surface area (Å²) < 4.78 is 4.67. The first-order chi connectivity index (χ1) is 6.83. The van der Waals surface area contributed by atoms with Gasteiger partial charge in [0.1, 0.15) is 6.26 Å². The lowest BCUT2D eigenvalue weighted by molar-refractivity contribution is -0.120. The molecule has 0 fully saturated rings. The van der Waals surface area contributed by atoms with Crippen molar-refractivity contribution in [2.45, 2.75) is 19.4 Å². The number of carbonyl (C=O) groups excluding carboxylic acids is 1. The van der Waals surface area contributed by atoms with Gasteiger partial charge in [-0.25, -0.2) is 0 Å². The average Bonchev–Trinajstić information content (AvgIpc) is 2.69. The number of hydrogen-bond donors (Lipinski definition) is 2. The van der Waals surface area contributed by atoms with Crippen molar-refractivity contribution in [3.63, 3.8) is 0 Å². The van der Waals surface area contributed by atoms with Crippen LogP contribution < -0.4 is 10.6 Å². The summed E-state index contributed by atoms with van der Waals surface area (Å²) in [7, 11) is 1.64. The zero-order valence-corrected chi connectivity index (χ0v) is 8.25. The first kappa shape index (κ1) is 10.7. The molecule has 0 aromatic carbocycles. The van der Waals surface area contributed by atoms with Crippen molar-refractivity contribution in [2.75, 3.05) is 13.6 Å². The van der Waals surface area contributed by atoms with Crippen LogP contribution in [-0.2, 0) is 11.3 Å². The molecule has 0 saturated carbocycles. The van der Waals surface area contributed by atoms with Crippen LogP contribution in [0.3, 0.4) is 0 Å². The van der Waals surface area contributed by atoms with Gasteiger partial charge in [0.25, 0.3) is 0 Å². The van der Waals surface area contributed by atoms with Gasteiger partial charge >= 0.3 is 0 Å². The zero-order valence-electron chi connectivity index (χ0n) is 8.25. The third-order valence-corrected chi connectivity index (χ3v) is 1.83. The van der Waals surface area contributed by atoms with Crippen molar-refractivity contribution in [2.24, 2.45) is 0 Å². The summed E-state index contributed by atoms with van der Waals surface area (Å²) in [4.78, 5) is 10.8. The highest BCUT2D eigenvalue weighted by molar-refractivity contribution is 5.75. The smallest absolute Gasteiger partial charge is 0.219 e. The second-order valence-corrected chi connectivity index (χ2v) is 2.94. The van der Waals surface area contributed by atoms with Crippen molar-refractivity contribution < 1.29 is 9.32 Å². The van der Waals surface area contributed by atoms with Crippen LogP contribution >= 0.6 is 0 Å². The van der Waals surface area contributed by atoms with Crippen LogP contribution in [0.4, 0.5) is 0 Å². The lowest BCUT2D eigenvalue weighted by Crippen LogP contribution is -2.20. The third kappa shape index (κ3) is 4.04. The molecule has 1 amide bonds. The fourth-order valence-electron chi connectivity index (χ4n) is 1.04. The van der Waals surface area contributed by atoms with Crippen LogP contribution in [0.2, 0.25) is 0 Å². The zero-order chi connectivity index (χ0) is 10.2. The van der Waals surface area contributed by atoms with E-state index in [1.807, 2.05) is 6.07 Å². The van der Waals surface area contributed by atoms with Crippen molar-refractivity contribution >= 4 is 5.91 Å². The van der Waals surface area contributed by atoms with Crippen LogP contribution in [0, 0.1) is 0 Å². The molecule has 5 heteroatoms. The van der Waals surface area contributed by atoms with E-state index < -0.39 is 0 Å². The van der Waals surface area contributed by atoms with Crippen molar-refractivity contribution in [3.8, 4) is 0 Å². The topological polar surface area (TPSA) is 67.2 Å². The van der Waals surface area contributed by atoms with Gasteiger partial charge in [-0.15, -0.1) is 0 Å². The molecule has 14 heavy (non-hydrogen) atoms. The Kier molecular flexibility index (Phi) is 4.71. The first-order valence-electron chi connectivity index (χ1n) is 4.63. The summed E-state index contributed by atoms with van der Waals surface area (Å²) >= 11 is 0. The molecular weight excluding hydrogens is 182 g/mol. The fourth-order valence-corrected chi connectivity index (χ4v) is 1.04. The molecule has 0 unspecified atom stereocenters. The minimum absolute atomic E-state index is 0.0771. The predicted octanol–water partition coefficient (Wildman–Crippen LogP) is 0.290. The largest absolute Gasteiger partial charge is 0.364 e. The first-order valence-corrected chi connectivity index (χ1v) is 4.63. The third-order valence-electron chi connectivity index (χ3n) is 1.83. The maximum absolute atomic E-state index is 10.8. The summed E-state index contributed by atoms with van der Waals surface area (Å²) in [5.41, 5.74) is 0.880. The summed E-state index contributed by atoms with van der Waals surface area (Å²) in [6.45, 7) is 1.49. The Labute approximate surface area is 82.8 Å². The van der Waals surface area contributed by atoms with Crippen LogP contribution in [0.25, 0.3) is 0 Å². The molecule has 1 heterocycles. The van der Waals surface area contributed by atoms with Gasteiger partial charge in [-0.05, 0) is 13.0 Å². The lowest BCUT2D eigenvalue weighted by atomic mass is 10.3. The molecule has 0 atom stereocenters. The van der Waals surface area contributed by atoms with E-state index in [4.69, 9.17) is 0 Å². The van der Waals surface area contributed by atoms with Gasteiger partial charge in [-0.3, -0.25) is 4.79 Å². The number of nitrogens with one attached hydrogen (secondary N) is 2. The van der Waals surface area contributed by atoms with Gasteiger partial charge in [0.2, 0.25) is 5.91 Å². The van der Waals surface area contributed by atoms with Crippen molar-refractivity contribution in [1.82, 2.24) is 15.8 Å². The maximum atomic E-state index is 10.8. The molecule has 0 bridgehead atoms. The Hall–Kier alpha value is -1.36. The number of aromatic nitrogens is 1. The van der Waals surface area contributed by atoms with E-state index in [1.54, 1.807) is 13.3 Å². The van der Waals surface area contributed by atoms with Gasteiger partial charge in [0.15, 0.2) is 0 Å². The Morgan fingerprint density at radius 3 is 3.14 bits per heavy atom. The van der Waals surface area contributed by atoms with E-state index in [-0.39, 0.29) is 5.91 Å². The highest BCUT2D eigenvalue weighted by Crippen LogP contribution is 1.93. The van der Waals surface area contributed by atoms with Gasteiger partial charge in [-0.2, -0.15) is 0 Å². The SMILES string of the molecule is CNC(=O)CCCNCc1ccon1. The fraction of sp³-hybridized carbons (Fsp3) is 0.556. The monoisotopic (exact) mass is 197 g/mol. The number of amides is 1. The molecule has 1 aromatic rings. The van der Waals surface area contributed by atoms with Gasteiger partial charge in [-0.1, -0.05) is 5.16 Å². The molecule has 0 saturated heterocycles. The standard InChI is InChI=1S/C9H15N3O2/c1-10-9(13)3-2-5-11-7-8-4-6-14-12-8/h4,6,11H,2-3,5,7H2,1H3,(H,10,13). The van der Waals surface area contributed by atoms with Crippen LogP contribution in [0.1, 0.15) is 18.5 Å². The Balaban J connectivity index is 1.97. The van der Waals surface area contributed by atoms with E-state index in [0.717, 1.165) is 18.7 Å². The molecule has 1 rings (SSSR count). The minimum Gasteiger partial charge on any atom is -0.364 e. The minimum atomic E-state index is 0.0771. The van der Waals surface area contributed by atoms with Crippen molar-refractivity contribution in [3.05, 3.63) is 18.0 Å². The molecule has 2 N–H and O–H groups in total. The van der Waals surface area contributed by atoms with Crippen LogP contribution in [-0.4, -0.2) is 24.7 Å². The summed E-state index contributed by atoms with van der Waals surface area (Å²) in [6, 6.07) is 1.81. The molecule has 0 aliphatic carbocycles. The van der Waals surface area contributed by atoms with Crippen LogP contribution in [0.5, 0.6) is 0 Å². The van der Waals surface area contributed by atoms with Gasteiger partial charge in [0, 0.05) is 26.1 Å². The molecule has 0 aliphatic rings. The Bertz CT molecular complexity index is 259. The number of hydrogen-bond acceptors (Lipinski definition) is 4. The number of nitrogens with zero attached hydrogens (tertiary/aromatic N) is 1. The quantitative estimate of drug-likeness (QED) is 0.643. The lowest BCUT2D eigenvalue weighted by Gasteiger charge is -2.01. The Morgan fingerprint density at radius 2 is 2.50 bits per heavy atom. The van der Waals surface area contributed by atoms with E-state index in [9.17, 15) is 4.79 Å². The van der Waals surface area contributed by atoms with E-state index >= 15 is 0 Å². The van der Waals surface area contributed by atoms with Crippen LogP contribution in [0.15, 0.2) is 16.9 Å². The number of carbonyl (C=O) groups is 1. The highest BCUT2D eigenvalue weighted by atomic mass is 16.5. The van der Waals surface area contributed by atoms with Gasteiger partial charge in [0.05, 0.1) is 5.69 Å². The average molecular weight is 197 g/mol. The summed E-state index contributed by atoms with van der Waals surface area (Å²) in [6.07, 6.45) is 2.93. The number of rotatable bonds is 6. The molecule has 1 aromatic heterocycles. The molecule has 0 radical (unpaired) electrons. The molecule has 0 aliphatic heterocycles. The normalized spacial score (nSPS) is 10.1. The summed E-state index contributed by atoms with van der Waals surface area (Å²) in [5.74, 6) is 0.0771. The highest BCUT2D eigenvalue weighted by Gasteiger charge is 1.98. The van der Waals surface area contributed by atoms with E-state index in [2.05, 4.69) is 20.3 Å². The van der Waals surface area contributed by atoms with E-state index in [1.165, 1.54) is 0 Å². The summed E-state index contributed by atoms with van der Waals surface area (Å²) in [5, 5.41) is 9.49.